The minimum atomic E-state index is -0.579. The van der Waals surface area contributed by atoms with Crippen LogP contribution < -0.4 is 15.8 Å². The quantitative estimate of drug-likeness (QED) is 0.727. The smallest absolute Gasteiger partial charge is 0.420 e. The molecule has 7 heteroatoms. The average molecular weight is 361 g/mol. The van der Waals surface area contributed by atoms with Crippen molar-refractivity contribution >= 4 is 34.3 Å². The normalized spacial score (nSPS) is 10.8. The molecule has 25 heavy (non-hydrogen) atoms. The SMILES string of the molecule is CCCOc1ccc(Cl)cc1NC(=O)Cn1c(=O)oc2ccccc21. The van der Waals surface area contributed by atoms with Crippen molar-refractivity contribution in [1.29, 1.82) is 0 Å². The zero-order chi connectivity index (χ0) is 17.8. The Morgan fingerprint density at radius 2 is 2.08 bits per heavy atom. The highest BCUT2D eigenvalue weighted by Crippen LogP contribution is 2.28. The van der Waals surface area contributed by atoms with E-state index in [0.717, 1.165) is 6.42 Å². The van der Waals surface area contributed by atoms with Gasteiger partial charge in [-0.05, 0) is 36.8 Å². The highest BCUT2D eigenvalue weighted by Gasteiger charge is 2.14. The van der Waals surface area contributed by atoms with Crippen LogP contribution in [0, 0.1) is 0 Å². The first kappa shape index (κ1) is 17.1. The van der Waals surface area contributed by atoms with E-state index < -0.39 is 5.76 Å². The number of anilines is 1. The third-order valence-corrected chi connectivity index (χ3v) is 3.79. The average Bonchev–Trinajstić information content (AvgIpc) is 2.90. The summed E-state index contributed by atoms with van der Waals surface area (Å²) in [6, 6.07) is 11.9. The number of carbonyl (C=O) groups is 1. The van der Waals surface area contributed by atoms with Crippen molar-refractivity contribution in [3.63, 3.8) is 0 Å². The second kappa shape index (κ2) is 7.44. The number of oxazole rings is 1. The predicted octanol–water partition coefficient (Wildman–Crippen LogP) is 3.68. The standard InChI is InChI=1S/C18H17ClN2O4/c1-2-9-24-15-8-7-12(19)10-13(15)20-17(22)11-21-14-5-3-4-6-16(14)25-18(21)23/h3-8,10H,2,9,11H2,1H3,(H,20,22). The highest BCUT2D eigenvalue weighted by molar-refractivity contribution is 6.31. The minimum Gasteiger partial charge on any atom is -0.491 e. The fraction of sp³-hybridized carbons (Fsp3) is 0.222. The summed E-state index contributed by atoms with van der Waals surface area (Å²) >= 11 is 6.00. The molecule has 0 bridgehead atoms. The zero-order valence-corrected chi connectivity index (χ0v) is 14.4. The van der Waals surface area contributed by atoms with Gasteiger partial charge in [-0.15, -0.1) is 0 Å². The lowest BCUT2D eigenvalue weighted by Gasteiger charge is -2.12. The van der Waals surface area contributed by atoms with Gasteiger partial charge in [0.1, 0.15) is 12.3 Å². The number of nitrogens with zero attached hydrogens (tertiary/aromatic N) is 1. The molecule has 1 N–H and O–H groups in total. The van der Waals surface area contributed by atoms with Crippen molar-refractivity contribution in [2.75, 3.05) is 11.9 Å². The summed E-state index contributed by atoms with van der Waals surface area (Å²) in [5.41, 5.74) is 1.47. The molecule has 1 aromatic heterocycles. The Balaban J connectivity index is 1.82. The fourth-order valence-electron chi connectivity index (χ4n) is 2.43. The summed E-state index contributed by atoms with van der Waals surface area (Å²) in [7, 11) is 0. The van der Waals surface area contributed by atoms with Gasteiger partial charge in [0, 0.05) is 5.02 Å². The van der Waals surface area contributed by atoms with Gasteiger partial charge in [0.15, 0.2) is 5.58 Å². The van der Waals surface area contributed by atoms with Crippen LogP contribution in [0.2, 0.25) is 5.02 Å². The maximum Gasteiger partial charge on any atom is 0.420 e. The fourth-order valence-corrected chi connectivity index (χ4v) is 2.61. The molecule has 0 radical (unpaired) electrons. The predicted molar refractivity (Wildman–Crippen MR) is 96.3 cm³/mol. The van der Waals surface area contributed by atoms with Crippen LogP contribution in [0.4, 0.5) is 5.69 Å². The number of hydrogen-bond donors (Lipinski definition) is 1. The number of halogens is 1. The maximum atomic E-state index is 12.4. The number of amides is 1. The summed E-state index contributed by atoms with van der Waals surface area (Å²) in [4.78, 5) is 24.4. The lowest BCUT2D eigenvalue weighted by Crippen LogP contribution is -2.25. The Morgan fingerprint density at radius 3 is 2.88 bits per heavy atom. The molecule has 130 valence electrons. The number of rotatable bonds is 6. The molecule has 0 unspecified atom stereocenters. The van der Waals surface area contributed by atoms with Gasteiger partial charge < -0.3 is 14.5 Å². The lowest BCUT2D eigenvalue weighted by atomic mass is 10.3. The molecular weight excluding hydrogens is 344 g/mol. The van der Waals surface area contributed by atoms with Gasteiger partial charge in [0.05, 0.1) is 17.8 Å². The zero-order valence-electron chi connectivity index (χ0n) is 13.6. The summed E-state index contributed by atoms with van der Waals surface area (Å²) in [6.45, 7) is 2.34. The van der Waals surface area contributed by atoms with Gasteiger partial charge >= 0.3 is 5.76 Å². The number of fused-ring (bicyclic) bond motifs is 1. The van der Waals surface area contributed by atoms with Crippen molar-refractivity contribution in [2.45, 2.75) is 19.9 Å². The highest BCUT2D eigenvalue weighted by atomic mass is 35.5. The molecule has 3 aromatic rings. The Morgan fingerprint density at radius 1 is 1.28 bits per heavy atom. The molecule has 6 nitrogen and oxygen atoms in total. The van der Waals surface area contributed by atoms with Crippen LogP contribution in [-0.4, -0.2) is 17.1 Å². The molecule has 0 atom stereocenters. The van der Waals surface area contributed by atoms with Crippen molar-refractivity contribution < 1.29 is 13.9 Å². The van der Waals surface area contributed by atoms with E-state index in [9.17, 15) is 9.59 Å². The number of para-hydroxylation sites is 2. The number of carbonyl (C=O) groups excluding carboxylic acids is 1. The maximum absolute atomic E-state index is 12.4. The van der Waals surface area contributed by atoms with Crippen molar-refractivity contribution in [2.24, 2.45) is 0 Å². The Bertz CT molecular complexity index is 961. The third kappa shape index (κ3) is 3.85. The van der Waals surface area contributed by atoms with E-state index in [1.807, 2.05) is 6.92 Å². The molecule has 0 aliphatic rings. The van der Waals surface area contributed by atoms with Crippen LogP contribution in [0.1, 0.15) is 13.3 Å². The summed E-state index contributed by atoms with van der Waals surface area (Å²) in [5, 5.41) is 3.22. The molecule has 1 amide bonds. The van der Waals surface area contributed by atoms with Crippen LogP contribution in [0.25, 0.3) is 11.1 Å². The molecular formula is C18H17ClN2O4. The summed E-state index contributed by atoms with van der Waals surface area (Å²) < 4.78 is 12.0. The van der Waals surface area contributed by atoms with Gasteiger partial charge in [-0.2, -0.15) is 0 Å². The molecule has 3 rings (SSSR count). The summed E-state index contributed by atoms with van der Waals surface area (Å²) in [5.74, 6) is -0.425. The van der Waals surface area contributed by atoms with Gasteiger partial charge in [-0.25, -0.2) is 4.79 Å². The number of nitrogens with one attached hydrogen (secondary N) is 1. The number of ether oxygens (including phenoxy) is 1. The molecule has 0 spiro atoms. The van der Waals surface area contributed by atoms with E-state index in [2.05, 4.69) is 5.32 Å². The van der Waals surface area contributed by atoms with Gasteiger partial charge in [0.2, 0.25) is 5.91 Å². The van der Waals surface area contributed by atoms with E-state index in [-0.39, 0.29) is 12.5 Å². The molecule has 2 aromatic carbocycles. The second-order valence-electron chi connectivity index (χ2n) is 5.46. The number of aromatic nitrogens is 1. The van der Waals surface area contributed by atoms with Crippen molar-refractivity contribution in [3.05, 3.63) is 58.0 Å². The first-order valence-electron chi connectivity index (χ1n) is 7.89. The molecule has 0 saturated heterocycles. The van der Waals surface area contributed by atoms with Gasteiger partial charge in [-0.3, -0.25) is 9.36 Å². The third-order valence-electron chi connectivity index (χ3n) is 3.55. The lowest BCUT2D eigenvalue weighted by molar-refractivity contribution is -0.116. The van der Waals surface area contributed by atoms with Crippen LogP contribution >= 0.6 is 11.6 Å². The van der Waals surface area contributed by atoms with E-state index in [1.165, 1.54) is 4.57 Å². The van der Waals surface area contributed by atoms with Crippen LogP contribution in [0.15, 0.2) is 51.7 Å². The Hall–Kier alpha value is -2.73. The van der Waals surface area contributed by atoms with Gasteiger partial charge in [-0.1, -0.05) is 30.7 Å². The Labute approximate surface area is 149 Å². The first-order valence-corrected chi connectivity index (χ1v) is 8.27. The van der Waals surface area contributed by atoms with Crippen LogP contribution in [0.3, 0.4) is 0 Å². The number of benzene rings is 2. The first-order chi connectivity index (χ1) is 12.1. The van der Waals surface area contributed by atoms with E-state index >= 15 is 0 Å². The Kier molecular flexibility index (Phi) is 5.09. The molecule has 0 fully saturated rings. The largest absolute Gasteiger partial charge is 0.491 e. The molecule has 0 saturated carbocycles. The van der Waals surface area contributed by atoms with Crippen molar-refractivity contribution in [3.8, 4) is 5.75 Å². The minimum absolute atomic E-state index is 0.171. The van der Waals surface area contributed by atoms with Gasteiger partial charge in [0.25, 0.3) is 0 Å². The second-order valence-corrected chi connectivity index (χ2v) is 5.90. The molecule has 0 aliphatic carbocycles. The van der Waals surface area contributed by atoms with E-state index in [4.69, 9.17) is 20.8 Å². The van der Waals surface area contributed by atoms with Crippen LogP contribution in [-0.2, 0) is 11.3 Å². The molecule has 0 aliphatic heterocycles. The van der Waals surface area contributed by atoms with Crippen molar-refractivity contribution in [1.82, 2.24) is 4.57 Å². The molecule has 1 heterocycles. The van der Waals surface area contributed by atoms with Crippen LogP contribution in [0.5, 0.6) is 5.75 Å². The topological polar surface area (TPSA) is 73.5 Å². The van der Waals surface area contributed by atoms with E-state index in [0.29, 0.717) is 34.2 Å². The number of hydrogen-bond acceptors (Lipinski definition) is 4. The summed E-state index contributed by atoms with van der Waals surface area (Å²) in [6.07, 6.45) is 0.840. The monoisotopic (exact) mass is 360 g/mol. The van der Waals surface area contributed by atoms with E-state index in [1.54, 1.807) is 42.5 Å².